The zero-order valence-corrected chi connectivity index (χ0v) is 19.6. The number of ether oxygens (including phenoxy) is 2. The van der Waals surface area contributed by atoms with Crippen molar-refractivity contribution in [1.82, 2.24) is 10.2 Å². The van der Waals surface area contributed by atoms with Crippen LogP contribution in [0.5, 0.6) is 0 Å². The third-order valence-corrected chi connectivity index (χ3v) is 6.89. The molecule has 8 heteroatoms. The summed E-state index contributed by atoms with van der Waals surface area (Å²) in [6.45, 7) is 3.38. The standard InChI is InChI=1S/C26H30N2O6/c1-26(2,24(30)31)28(3)23(29)22-13-12-16(34-22)14-27-25(32)33-15-21-19-10-6-4-8-17(19)18-9-5-7-11-20(18)21/h4-11,16,21-22H,12-15H2,1-3H3,(H,27,32)(H,30,31). The van der Waals surface area contributed by atoms with Gasteiger partial charge >= 0.3 is 12.1 Å². The summed E-state index contributed by atoms with van der Waals surface area (Å²) in [5.74, 6) is -1.48. The molecule has 180 valence electrons. The maximum atomic E-state index is 12.7. The van der Waals surface area contributed by atoms with Gasteiger partial charge in [0.25, 0.3) is 5.91 Å². The number of carboxylic acid groups (broad SMARTS) is 1. The number of alkyl carbamates (subject to hydrolysis) is 1. The van der Waals surface area contributed by atoms with E-state index in [-0.39, 0.29) is 31.1 Å². The molecular weight excluding hydrogens is 436 g/mol. The second kappa shape index (κ2) is 9.46. The number of amides is 2. The second-order valence-electron chi connectivity index (χ2n) is 9.29. The monoisotopic (exact) mass is 466 g/mol. The lowest BCUT2D eigenvalue weighted by Gasteiger charge is -2.33. The summed E-state index contributed by atoms with van der Waals surface area (Å²) in [6.07, 6.45) is -0.546. The molecule has 34 heavy (non-hydrogen) atoms. The van der Waals surface area contributed by atoms with Crippen LogP contribution in [0.15, 0.2) is 48.5 Å². The highest BCUT2D eigenvalue weighted by molar-refractivity contribution is 5.88. The molecule has 0 saturated carbocycles. The lowest BCUT2D eigenvalue weighted by Crippen LogP contribution is -2.53. The first-order valence-electron chi connectivity index (χ1n) is 11.5. The van der Waals surface area contributed by atoms with Gasteiger partial charge in [-0.15, -0.1) is 0 Å². The van der Waals surface area contributed by atoms with Gasteiger partial charge in [0.15, 0.2) is 0 Å². The van der Waals surface area contributed by atoms with Crippen molar-refractivity contribution in [2.45, 2.75) is 50.4 Å². The van der Waals surface area contributed by atoms with E-state index in [0.29, 0.717) is 12.8 Å². The number of rotatable bonds is 7. The predicted molar refractivity (Wildman–Crippen MR) is 125 cm³/mol. The fourth-order valence-corrected chi connectivity index (χ4v) is 4.52. The third kappa shape index (κ3) is 4.50. The fraction of sp³-hybridized carbons (Fsp3) is 0.423. The van der Waals surface area contributed by atoms with Crippen LogP contribution in [0.4, 0.5) is 4.79 Å². The summed E-state index contributed by atoms with van der Waals surface area (Å²) in [7, 11) is 1.46. The number of fused-ring (bicyclic) bond motifs is 3. The Labute approximate surface area is 198 Å². The van der Waals surface area contributed by atoms with Gasteiger partial charge in [-0.3, -0.25) is 4.79 Å². The Kier molecular flexibility index (Phi) is 6.61. The lowest BCUT2D eigenvalue weighted by molar-refractivity contribution is -0.160. The number of likely N-dealkylation sites (N-methyl/N-ethyl adjacent to an activating group) is 1. The normalized spacial score (nSPS) is 19.3. The summed E-state index contributed by atoms with van der Waals surface area (Å²) in [5.41, 5.74) is 3.28. The van der Waals surface area contributed by atoms with E-state index in [2.05, 4.69) is 29.6 Å². The van der Waals surface area contributed by atoms with Crippen molar-refractivity contribution in [2.75, 3.05) is 20.2 Å². The summed E-state index contributed by atoms with van der Waals surface area (Å²) in [5, 5.41) is 12.1. The topological polar surface area (TPSA) is 105 Å². The van der Waals surface area contributed by atoms with Crippen molar-refractivity contribution < 1.29 is 29.0 Å². The molecule has 1 aliphatic heterocycles. The highest BCUT2D eigenvalue weighted by Gasteiger charge is 2.41. The Balaban J connectivity index is 1.27. The van der Waals surface area contributed by atoms with Crippen LogP contribution in [0, 0.1) is 0 Å². The van der Waals surface area contributed by atoms with Gasteiger partial charge in [-0.1, -0.05) is 48.5 Å². The van der Waals surface area contributed by atoms with Gasteiger partial charge in [-0.2, -0.15) is 0 Å². The highest BCUT2D eigenvalue weighted by Crippen LogP contribution is 2.44. The Morgan fingerprint density at radius 2 is 1.65 bits per heavy atom. The van der Waals surface area contributed by atoms with Gasteiger partial charge in [0, 0.05) is 19.5 Å². The number of aliphatic carboxylic acids is 1. The quantitative estimate of drug-likeness (QED) is 0.648. The molecule has 2 amide bonds. The third-order valence-electron chi connectivity index (χ3n) is 6.89. The maximum absolute atomic E-state index is 12.7. The number of benzene rings is 2. The molecule has 2 atom stereocenters. The van der Waals surface area contributed by atoms with Gasteiger partial charge < -0.3 is 24.8 Å². The van der Waals surface area contributed by atoms with Crippen LogP contribution in [-0.2, 0) is 19.1 Å². The van der Waals surface area contributed by atoms with Gasteiger partial charge in [0.05, 0.1) is 6.10 Å². The maximum Gasteiger partial charge on any atom is 0.407 e. The first-order valence-corrected chi connectivity index (χ1v) is 11.5. The number of nitrogens with one attached hydrogen (secondary N) is 1. The van der Waals surface area contributed by atoms with Crippen molar-refractivity contribution in [3.05, 3.63) is 59.7 Å². The van der Waals surface area contributed by atoms with Crippen molar-refractivity contribution in [3.8, 4) is 11.1 Å². The van der Waals surface area contributed by atoms with Crippen LogP contribution >= 0.6 is 0 Å². The average molecular weight is 467 g/mol. The van der Waals surface area contributed by atoms with E-state index in [1.165, 1.54) is 36.9 Å². The number of carbonyl (C=O) groups is 3. The molecule has 8 nitrogen and oxygen atoms in total. The van der Waals surface area contributed by atoms with E-state index in [0.717, 1.165) is 11.1 Å². The van der Waals surface area contributed by atoms with Crippen molar-refractivity contribution in [3.63, 3.8) is 0 Å². The zero-order valence-electron chi connectivity index (χ0n) is 19.6. The molecule has 4 rings (SSSR count). The molecule has 2 aliphatic rings. The first kappa shape index (κ1) is 23.8. The molecule has 0 bridgehead atoms. The number of carboxylic acids is 1. The highest BCUT2D eigenvalue weighted by atomic mass is 16.6. The average Bonchev–Trinajstić information content (AvgIpc) is 3.43. The molecule has 2 N–H and O–H groups in total. The zero-order chi connectivity index (χ0) is 24.5. The lowest BCUT2D eigenvalue weighted by atomic mass is 9.98. The van der Waals surface area contributed by atoms with Crippen molar-refractivity contribution >= 4 is 18.0 Å². The molecule has 1 heterocycles. The number of carbonyl (C=O) groups excluding carboxylic acids is 2. The summed E-state index contributed by atoms with van der Waals surface area (Å²) in [6, 6.07) is 16.3. The Morgan fingerprint density at radius 1 is 1.06 bits per heavy atom. The minimum absolute atomic E-state index is 0.0176. The van der Waals surface area contributed by atoms with Crippen LogP contribution < -0.4 is 5.32 Å². The molecule has 0 spiro atoms. The van der Waals surface area contributed by atoms with Crippen molar-refractivity contribution in [2.24, 2.45) is 0 Å². The van der Waals surface area contributed by atoms with Gasteiger partial charge in [-0.25, -0.2) is 9.59 Å². The molecule has 1 fully saturated rings. The molecule has 0 radical (unpaired) electrons. The largest absolute Gasteiger partial charge is 0.480 e. The second-order valence-corrected chi connectivity index (χ2v) is 9.29. The van der Waals surface area contributed by atoms with E-state index >= 15 is 0 Å². The minimum Gasteiger partial charge on any atom is -0.480 e. The van der Waals surface area contributed by atoms with Crippen LogP contribution in [-0.4, -0.2) is 65.9 Å². The predicted octanol–water partition coefficient (Wildman–Crippen LogP) is 3.39. The van der Waals surface area contributed by atoms with E-state index < -0.39 is 23.7 Å². The summed E-state index contributed by atoms with van der Waals surface area (Å²) >= 11 is 0. The van der Waals surface area contributed by atoms with Gasteiger partial charge in [-0.05, 0) is 48.9 Å². The molecule has 2 aromatic carbocycles. The smallest absolute Gasteiger partial charge is 0.407 e. The molecule has 1 saturated heterocycles. The van der Waals surface area contributed by atoms with Crippen LogP contribution in [0.25, 0.3) is 11.1 Å². The van der Waals surface area contributed by atoms with E-state index in [9.17, 15) is 19.5 Å². The molecule has 1 aliphatic carbocycles. The summed E-state index contributed by atoms with van der Waals surface area (Å²) in [4.78, 5) is 37.7. The van der Waals surface area contributed by atoms with Crippen molar-refractivity contribution in [1.29, 1.82) is 0 Å². The van der Waals surface area contributed by atoms with Crippen LogP contribution in [0.2, 0.25) is 0 Å². The minimum atomic E-state index is -1.34. The van der Waals surface area contributed by atoms with E-state index in [4.69, 9.17) is 9.47 Å². The molecular formula is C26H30N2O6. The molecule has 2 unspecified atom stereocenters. The molecule has 0 aromatic heterocycles. The van der Waals surface area contributed by atoms with Gasteiger partial charge in [0.2, 0.25) is 0 Å². The number of hydrogen-bond acceptors (Lipinski definition) is 5. The Hall–Kier alpha value is -3.39. The first-order chi connectivity index (χ1) is 16.2. The fourth-order valence-electron chi connectivity index (χ4n) is 4.52. The number of hydrogen-bond donors (Lipinski definition) is 2. The summed E-state index contributed by atoms with van der Waals surface area (Å²) < 4.78 is 11.3. The van der Waals surface area contributed by atoms with Gasteiger partial charge in [0.1, 0.15) is 18.2 Å². The molecule has 2 aromatic rings. The SMILES string of the molecule is CN(C(=O)C1CCC(CNC(=O)OCC2c3ccccc3-c3ccccc32)O1)C(C)(C)C(=O)O. The Morgan fingerprint density at radius 3 is 2.24 bits per heavy atom. The van der Waals surface area contributed by atoms with Crippen LogP contribution in [0.1, 0.15) is 43.7 Å². The Bertz CT molecular complexity index is 1050. The van der Waals surface area contributed by atoms with E-state index in [1.807, 2.05) is 24.3 Å². The van der Waals surface area contributed by atoms with E-state index in [1.54, 1.807) is 0 Å². The number of nitrogens with zero attached hydrogens (tertiary/aromatic N) is 1. The van der Waals surface area contributed by atoms with Crippen LogP contribution in [0.3, 0.4) is 0 Å².